The highest BCUT2D eigenvalue weighted by Gasteiger charge is 2.20. The van der Waals surface area contributed by atoms with Crippen LogP contribution in [0.1, 0.15) is 31.1 Å². The SMILES string of the molecule is CCS(=O)(=O)c1ccccc1NC(=O)c1ccc(S(=O)(=O)C(C)C)cc1. The molecule has 2 aromatic rings. The van der Waals surface area contributed by atoms with Gasteiger partial charge in [0.2, 0.25) is 0 Å². The predicted octanol–water partition coefficient (Wildman–Crippen LogP) is 2.91. The molecule has 8 heteroatoms. The van der Waals surface area contributed by atoms with Gasteiger partial charge in [-0.3, -0.25) is 4.79 Å². The Morgan fingerprint density at radius 3 is 2.08 bits per heavy atom. The van der Waals surface area contributed by atoms with E-state index in [2.05, 4.69) is 5.32 Å². The standard InChI is InChI=1S/C18H21NO5S2/c1-4-25(21,22)17-8-6-5-7-16(17)19-18(20)14-9-11-15(12-10-14)26(23,24)13(2)3/h5-13H,4H2,1-3H3,(H,19,20). The van der Waals surface area contributed by atoms with Gasteiger partial charge in [-0.05, 0) is 50.2 Å². The third kappa shape index (κ3) is 4.13. The minimum Gasteiger partial charge on any atom is -0.321 e. The maximum Gasteiger partial charge on any atom is 0.255 e. The molecule has 0 saturated heterocycles. The zero-order valence-corrected chi connectivity index (χ0v) is 16.4. The summed E-state index contributed by atoms with van der Waals surface area (Å²) >= 11 is 0. The number of hydrogen-bond acceptors (Lipinski definition) is 5. The molecule has 0 bridgehead atoms. The van der Waals surface area contributed by atoms with Gasteiger partial charge in [-0.1, -0.05) is 19.1 Å². The van der Waals surface area contributed by atoms with Crippen molar-refractivity contribution in [3.8, 4) is 0 Å². The van der Waals surface area contributed by atoms with Crippen molar-refractivity contribution in [3.05, 3.63) is 54.1 Å². The van der Waals surface area contributed by atoms with Crippen LogP contribution in [0.5, 0.6) is 0 Å². The first-order chi connectivity index (χ1) is 12.1. The average Bonchev–Trinajstić information content (AvgIpc) is 2.62. The molecule has 0 heterocycles. The maximum atomic E-state index is 12.4. The van der Waals surface area contributed by atoms with E-state index < -0.39 is 30.8 Å². The van der Waals surface area contributed by atoms with Crippen LogP contribution in [0.3, 0.4) is 0 Å². The monoisotopic (exact) mass is 395 g/mol. The Balaban J connectivity index is 2.30. The normalized spacial score (nSPS) is 12.2. The fourth-order valence-electron chi connectivity index (χ4n) is 2.26. The van der Waals surface area contributed by atoms with Gasteiger partial charge in [0.05, 0.1) is 26.5 Å². The summed E-state index contributed by atoms with van der Waals surface area (Å²) in [6.07, 6.45) is 0. The average molecular weight is 396 g/mol. The first kappa shape index (κ1) is 20.1. The molecule has 140 valence electrons. The third-order valence-corrected chi connectivity index (χ3v) is 7.87. The number of para-hydroxylation sites is 1. The molecule has 0 radical (unpaired) electrons. The number of anilines is 1. The van der Waals surface area contributed by atoms with E-state index in [1.54, 1.807) is 26.0 Å². The molecule has 1 amide bonds. The van der Waals surface area contributed by atoms with Crippen LogP contribution in [0.4, 0.5) is 5.69 Å². The van der Waals surface area contributed by atoms with Crippen LogP contribution in [0.15, 0.2) is 58.3 Å². The van der Waals surface area contributed by atoms with Gasteiger partial charge >= 0.3 is 0 Å². The van der Waals surface area contributed by atoms with Gasteiger partial charge in [0.1, 0.15) is 0 Å². The molecule has 2 aromatic carbocycles. The van der Waals surface area contributed by atoms with Crippen LogP contribution >= 0.6 is 0 Å². The summed E-state index contributed by atoms with van der Waals surface area (Å²) in [6, 6.07) is 11.7. The largest absolute Gasteiger partial charge is 0.321 e. The van der Waals surface area contributed by atoms with Crippen LogP contribution < -0.4 is 5.32 Å². The van der Waals surface area contributed by atoms with Crippen molar-refractivity contribution in [2.24, 2.45) is 0 Å². The van der Waals surface area contributed by atoms with Crippen molar-refractivity contribution >= 4 is 31.3 Å². The van der Waals surface area contributed by atoms with Crippen LogP contribution in [0.2, 0.25) is 0 Å². The van der Waals surface area contributed by atoms with Crippen LogP contribution in [-0.2, 0) is 19.7 Å². The van der Waals surface area contributed by atoms with Gasteiger partial charge in [-0.15, -0.1) is 0 Å². The first-order valence-electron chi connectivity index (χ1n) is 8.06. The molecule has 6 nitrogen and oxygen atoms in total. The summed E-state index contributed by atoms with van der Waals surface area (Å²) in [4.78, 5) is 12.6. The number of carbonyl (C=O) groups excluding carboxylic acids is 1. The first-order valence-corrected chi connectivity index (χ1v) is 11.3. The lowest BCUT2D eigenvalue weighted by molar-refractivity contribution is 0.102. The molecule has 0 aliphatic heterocycles. The highest BCUT2D eigenvalue weighted by Crippen LogP contribution is 2.23. The summed E-state index contributed by atoms with van der Waals surface area (Å²) < 4.78 is 48.5. The quantitative estimate of drug-likeness (QED) is 0.811. The van der Waals surface area contributed by atoms with Gasteiger partial charge in [-0.2, -0.15) is 0 Å². The third-order valence-electron chi connectivity index (χ3n) is 3.92. The van der Waals surface area contributed by atoms with E-state index in [0.29, 0.717) is 0 Å². The predicted molar refractivity (Wildman–Crippen MR) is 101 cm³/mol. The van der Waals surface area contributed by atoms with E-state index in [0.717, 1.165) is 0 Å². The van der Waals surface area contributed by atoms with Gasteiger partial charge in [0.25, 0.3) is 5.91 Å². The molecular formula is C18H21NO5S2. The Hall–Kier alpha value is -2.19. The maximum absolute atomic E-state index is 12.4. The summed E-state index contributed by atoms with van der Waals surface area (Å²) in [5, 5.41) is 2.02. The van der Waals surface area contributed by atoms with E-state index in [9.17, 15) is 21.6 Å². The van der Waals surface area contributed by atoms with Crippen LogP contribution in [0.25, 0.3) is 0 Å². The lowest BCUT2D eigenvalue weighted by Gasteiger charge is -2.12. The Morgan fingerprint density at radius 2 is 1.54 bits per heavy atom. The molecule has 1 N–H and O–H groups in total. The van der Waals surface area contributed by atoms with Crippen molar-refractivity contribution < 1.29 is 21.6 Å². The minimum absolute atomic E-state index is 0.0508. The van der Waals surface area contributed by atoms with Crippen molar-refractivity contribution in [2.45, 2.75) is 35.8 Å². The van der Waals surface area contributed by atoms with Gasteiger partial charge in [-0.25, -0.2) is 16.8 Å². The molecule has 26 heavy (non-hydrogen) atoms. The fourth-order valence-corrected chi connectivity index (χ4v) is 4.37. The van der Waals surface area contributed by atoms with E-state index in [1.807, 2.05) is 0 Å². The second-order valence-corrected chi connectivity index (χ2v) is 10.7. The lowest BCUT2D eigenvalue weighted by Crippen LogP contribution is -2.16. The minimum atomic E-state index is -3.49. The van der Waals surface area contributed by atoms with E-state index in [4.69, 9.17) is 0 Å². The van der Waals surface area contributed by atoms with E-state index in [-0.39, 0.29) is 26.8 Å². The number of nitrogens with one attached hydrogen (secondary N) is 1. The van der Waals surface area contributed by atoms with Crippen molar-refractivity contribution in [1.29, 1.82) is 0 Å². The molecule has 0 aliphatic carbocycles. The summed E-state index contributed by atoms with van der Waals surface area (Å²) in [5.41, 5.74) is 0.426. The molecular weight excluding hydrogens is 374 g/mol. The summed E-state index contributed by atoms with van der Waals surface area (Å²) in [5.74, 6) is -0.598. The van der Waals surface area contributed by atoms with Crippen molar-refractivity contribution in [2.75, 3.05) is 11.1 Å². The van der Waals surface area contributed by atoms with Crippen molar-refractivity contribution in [3.63, 3.8) is 0 Å². The second-order valence-electron chi connectivity index (χ2n) is 5.97. The number of rotatable bonds is 6. The van der Waals surface area contributed by atoms with Gasteiger partial charge < -0.3 is 5.32 Å². The molecule has 0 fully saturated rings. The highest BCUT2D eigenvalue weighted by molar-refractivity contribution is 7.92. The number of sulfone groups is 2. The van der Waals surface area contributed by atoms with Crippen molar-refractivity contribution in [1.82, 2.24) is 0 Å². The van der Waals surface area contributed by atoms with Gasteiger partial charge in [0, 0.05) is 5.56 Å². The zero-order valence-electron chi connectivity index (χ0n) is 14.8. The second kappa shape index (κ2) is 7.59. The number of carbonyl (C=O) groups is 1. The highest BCUT2D eigenvalue weighted by atomic mass is 32.2. The number of amides is 1. The Morgan fingerprint density at radius 1 is 0.962 bits per heavy atom. The fraction of sp³-hybridized carbons (Fsp3) is 0.278. The summed E-state index contributed by atoms with van der Waals surface area (Å²) in [6.45, 7) is 4.70. The Kier molecular flexibility index (Phi) is 5.87. The lowest BCUT2D eigenvalue weighted by atomic mass is 10.2. The smallest absolute Gasteiger partial charge is 0.255 e. The van der Waals surface area contributed by atoms with Crippen LogP contribution in [0, 0.1) is 0 Å². The molecule has 0 spiro atoms. The molecule has 0 aromatic heterocycles. The Labute approximate surface area is 154 Å². The van der Waals surface area contributed by atoms with Gasteiger partial charge in [0.15, 0.2) is 19.7 Å². The zero-order chi connectivity index (χ0) is 19.5. The number of benzene rings is 2. The Bertz CT molecular complexity index is 1010. The molecule has 2 rings (SSSR count). The number of hydrogen-bond donors (Lipinski definition) is 1. The molecule has 0 aliphatic rings. The van der Waals surface area contributed by atoms with E-state index >= 15 is 0 Å². The van der Waals surface area contributed by atoms with E-state index in [1.165, 1.54) is 43.3 Å². The van der Waals surface area contributed by atoms with Crippen LogP contribution in [-0.4, -0.2) is 33.7 Å². The molecule has 0 atom stereocenters. The molecule has 0 saturated carbocycles. The summed E-state index contributed by atoms with van der Waals surface area (Å²) in [7, 11) is -6.91. The molecule has 0 unspecified atom stereocenters. The topological polar surface area (TPSA) is 97.4 Å².